The maximum absolute atomic E-state index is 5.81. The molecule has 0 unspecified atom stereocenters. The van der Waals surface area contributed by atoms with E-state index in [4.69, 9.17) is 10.5 Å². The molecule has 0 saturated carbocycles. The fourth-order valence-electron chi connectivity index (χ4n) is 1.74. The molecule has 0 spiro atoms. The lowest BCUT2D eigenvalue weighted by molar-refractivity contribution is 0.414. The van der Waals surface area contributed by atoms with Crippen LogP contribution in [0.25, 0.3) is 0 Å². The number of unbranched alkanes of at least 4 members (excludes halogenated alkanes) is 1. The Morgan fingerprint density at radius 1 is 1.29 bits per heavy atom. The van der Waals surface area contributed by atoms with Crippen molar-refractivity contribution in [1.82, 2.24) is 5.32 Å². The van der Waals surface area contributed by atoms with Gasteiger partial charge >= 0.3 is 0 Å². The van der Waals surface area contributed by atoms with E-state index in [0.717, 1.165) is 31.7 Å². The molecule has 21 heavy (non-hydrogen) atoms. The zero-order valence-corrected chi connectivity index (χ0v) is 15.9. The minimum atomic E-state index is 0. The van der Waals surface area contributed by atoms with E-state index in [2.05, 4.69) is 28.7 Å². The number of ether oxygens (including phenoxy) is 1. The zero-order chi connectivity index (χ0) is 14.6. The number of methoxy groups -OCH3 is 1. The minimum absolute atomic E-state index is 0. The molecule has 0 fully saturated rings. The maximum Gasteiger partial charge on any atom is 0.188 e. The predicted molar refractivity (Wildman–Crippen MR) is 104 cm³/mol. The van der Waals surface area contributed by atoms with Crippen LogP contribution in [0.15, 0.2) is 29.3 Å². The van der Waals surface area contributed by atoms with Crippen molar-refractivity contribution >= 4 is 41.7 Å². The summed E-state index contributed by atoms with van der Waals surface area (Å²) in [4.78, 5) is 4.31. The van der Waals surface area contributed by atoms with Crippen molar-refractivity contribution in [3.05, 3.63) is 29.8 Å². The van der Waals surface area contributed by atoms with Crippen molar-refractivity contribution in [3.63, 3.8) is 0 Å². The first-order chi connectivity index (χ1) is 9.76. The van der Waals surface area contributed by atoms with Gasteiger partial charge in [-0.05, 0) is 49.0 Å². The number of aliphatic imine (C=N–C) groups is 1. The number of nitrogens with two attached hydrogens (primary N) is 1. The Labute approximate surface area is 149 Å². The summed E-state index contributed by atoms with van der Waals surface area (Å²) in [6, 6.07) is 8.07. The minimum Gasteiger partial charge on any atom is -0.497 e. The fourth-order valence-corrected chi connectivity index (χ4v) is 2.23. The van der Waals surface area contributed by atoms with Crippen LogP contribution >= 0.6 is 35.7 Å². The Morgan fingerprint density at radius 3 is 2.62 bits per heavy atom. The van der Waals surface area contributed by atoms with Gasteiger partial charge in [0.05, 0.1) is 7.11 Å². The summed E-state index contributed by atoms with van der Waals surface area (Å²) in [7, 11) is 1.67. The van der Waals surface area contributed by atoms with Crippen molar-refractivity contribution in [3.8, 4) is 5.75 Å². The van der Waals surface area contributed by atoms with E-state index >= 15 is 0 Å². The summed E-state index contributed by atoms with van der Waals surface area (Å²) in [5.74, 6) is 2.62. The van der Waals surface area contributed by atoms with Gasteiger partial charge in [0.1, 0.15) is 5.75 Å². The molecule has 0 aliphatic carbocycles. The van der Waals surface area contributed by atoms with Gasteiger partial charge in [0.25, 0.3) is 0 Å². The fraction of sp³-hybridized carbons (Fsp3) is 0.533. The first-order valence-corrected chi connectivity index (χ1v) is 8.31. The summed E-state index contributed by atoms with van der Waals surface area (Å²) in [6.45, 7) is 1.61. The van der Waals surface area contributed by atoms with Gasteiger partial charge in [-0.3, -0.25) is 4.99 Å². The van der Waals surface area contributed by atoms with Crippen LogP contribution in [0.4, 0.5) is 0 Å². The average Bonchev–Trinajstić information content (AvgIpc) is 2.48. The van der Waals surface area contributed by atoms with Crippen LogP contribution in [0.1, 0.15) is 18.4 Å². The number of nitrogens with one attached hydrogen (secondary N) is 1. The van der Waals surface area contributed by atoms with Gasteiger partial charge in [-0.2, -0.15) is 11.8 Å². The van der Waals surface area contributed by atoms with E-state index in [1.807, 2.05) is 23.9 Å². The molecule has 0 aromatic heterocycles. The molecule has 3 N–H and O–H groups in total. The number of rotatable bonds is 9. The number of hydrogen-bond donors (Lipinski definition) is 2. The van der Waals surface area contributed by atoms with Gasteiger partial charge in [-0.15, -0.1) is 24.0 Å². The molecular weight excluding hydrogens is 397 g/mol. The zero-order valence-electron chi connectivity index (χ0n) is 12.8. The van der Waals surface area contributed by atoms with Crippen LogP contribution in [0.5, 0.6) is 5.75 Å². The summed E-state index contributed by atoms with van der Waals surface area (Å²) in [5, 5.41) is 3.14. The summed E-state index contributed by atoms with van der Waals surface area (Å²) in [6.07, 6.45) is 5.34. The van der Waals surface area contributed by atoms with Crippen molar-refractivity contribution in [2.24, 2.45) is 10.7 Å². The van der Waals surface area contributed by atoms with Crippen molar-refractivity contribution in [2.45, 2.75) is 19.3 Å². The Bertz CT molecular complexity index is 398. The number of thioether (sulfide) groups is 1. The molecule has 6 heteroatoms. The van der Waals surface area contributed by atoms with Gasteiger partial charge in [0.15, 0.2) is 5.96 Å². The van der Waals surface area contributed by atoms with Crippen LogP contribution in [-0.2, 0) is 6.42 Å². The lowest BCUT2D eigenvalue weighted by Crippen LogP contribution is -2.33. The second-order valence-electron chi connectivity index (χ2n) is 4.49. The number of nitrogens with zero attached hydrogens (tertiary/aromatic N) is 1. The van der Waals surface area contributed by atoms with Gasteiger partial charge in [-0.1, -0.05) is 12.1 Å². The van der Waals surface area contributed by atoms with Gasteiger partial charge in [0, 0.05) is 13.1 Å². The Balaban J connectivity index is 0.00000400. The SMILES string of the molecule is COc1ccc(CCNC(N)=NCCCCSC)cc1.I. The Morgan fingerprint density at radius 2 is 2.00 bits per heavy atom. The molecule has 4 nitrogen and oxygen atoms in total. The van der Waals surface area contributed by atoms with Crippen molar-refractivity contribution < 1.29 is 4.74 Å². The van der Waals surface area contributed by atoms with Crippen LogP contribution in [0.2, 0.25) is 0 Å². The smallest absolute Gasteiger partial charge is 0.188 e. The molecule has 120 valence electrons. The van der Waals surface area contributed by atoms with Gasteiger partial charge in [-0.25, -0.2) is 0 Å². The average molecular weight is 423 g/mol. The summed E-state index contributed by atoms with van der Waals surface area (Å²) in [5.41, 5.74) is 7.07. The number of guanidine groups is 1. The second kappa shape index (κ2) is 13.1. The van der Waals surface area contributed by atoms with E-state index < -0.39 is 0 Å². The van der Waals surface area contributed by atoms with E-state index in [-0.39, 0.29) is 24.0 Å². The molecular formula is C15H26IN3OS. The number of halogens is 1. The third-order valence-corrected chi connectivity index (χ3v) is 3.61. The quantitative estimate of drug-likeness (QED) is 0.278. The lowest BCUT2D eigenvalue weighted by Gasteiger charge is -2.06. The summed E-state index contributed by atoms with van der Waals surface area (Å²) < 4.78 is 5.13. The lowest BCUT2D eigenvalue weighted by atomic mass is 10.1. The molecule has 1 aromatic carbocycles. The van der Waals surface area contributed by atoms with Crippen LogP contribution in [0, 0.1) is 0 Å². The third-order valence-electron chi connectivity index (χ3n) is 2.92. The molecule has 0 bridgehead atoms. The van der Waals surface area contributed by atoms with Crippen LogP contribution < -0.4 is 15.8 Å². The number of benzene rings is 1. The Hall–Kier alpha value is -0.630. The molecule has 0 aliphatic rings. The first kappa shape index (κ1) is 20.4. The monoisotopic (exact) mass is 423 g/mol. The molecule has 0 radical (unpaired) electrons. The second-order valence-corrected chi connectivity index (χ2v) is 5.48. The van der Waals surface area contributed by atoms with E-state index in [0.29, 0.717) is 5.96 Å². The van der Waals surface area contributed by atoms with Gasteiger partial charge < -0.3 is 15.8 Å². The van der Waals surface area contributed by atoms with E-state index in [1.54, 1.807) is 7.11 Å². The largest absolute Gasteiger partial charge is 0.497 e. The molecule has 0 aliphatic heterocycles. The van der Waals surface area contributed by atoms with Crippen LogP contribution in [-0.4, -0.2) is 38.2 Å². The van der Waals surface area contributed by atoms with Crippen LogP contribution in [0.3, 0.4) is 0 Å². The molecule has 0 amide bonds. The topological polar surface area (TPSA) is 59.6 Å². The highest BCUT2D eigenvalue weighted by Crippen LogP contribution is 2.11. The standard InChI is InChI=1S/C15H25N3OS.HI/c1-19-14-7-5-13(6-8-14)9-11-18-15(16)17-10-3-4-12-20-2;/h5-8H,3-4,9-12H2,1-2H3,(H3,16,17,18);1H. The summed E-state index contributed by atoms with van der Waals surface area (Å²) >= 11 is 1.87. The maximum atomic E-state index is 5.81. The Kier molecular flexibility index (Phi) is 12.7. The predicted octanol–water partition coefficient (Wildman–Crippen LogP) is 2.90. The first-order valence-electron chi connectivity index (χ1n) is 6.92. The molecule has 1 aromatic rings. The highest BCUT2D eigenvalue weighted by atomic mass is 127. The van der Waals surface area contributed by atoms with E-state index in [9.17, 15) is 0 Å². The molecule has 0 heterocycles. The highest BCUT2D eigenvalue weighted by Gasteiger charge is 1.96. The number of hydrogen-bond acceptors (Lipinski definition) is 3. The van der Waals surface area contributed by atoms with Gasteiger partial charge in [0.2, 0.25) is 0 Å². The molecule has 0 atom stereocenters. The highest BCUT2D eigenvalue weighted by molar-refractivity contribution is 14.0. The van der Waals surface area contributed by atoms with Crippen molar-refractivity contribution in [2.75, 3.05) is 32.2 Å². The van der Waals surface area contributed by atoms with E-state index in [1.165, 1.54) is 17.7 Å². The third kappa shape index (κ3) is 9.84. The van der Waals surface area contributed by atoms with Crippen molar-refractivity contribution in [1.29, 1.82) is 0 Å². The molecule has 0 saturated heterocycles. The normalized spacial score (nSPS) is 10.9. The molecule has 1 rings (SSSR count).